The molecule has 0 spiro atoms. The van der Waals surface area contributed by atoms with Gasteiger partial charge in [-0.15, -0.1) is 11.8 Å². The first-order valence-corrected chi connectivity index (χ1v) is 24.8. The average Bonchev–Trinajstić information content (AvgIpc) is 4.02. The number of pyridine rings is 1. The van der Waals surface area contributed by atoms with E-state index in [2.05, 4.69) is 57.0 Å². The highest BCUT2D eigenvalue weighted by Gasteiger charge is 2.29. The first-order valence-electron chi connectivity index (χ1n) is 22.6. The number of aryl methyl sites for hydroxylation is 1. The van der Waals surface area contributed by atoms with Crippen molar-refractivity contribution < 1.29 is 33.1 Å². The Labute approximate surface area is 407 Å². The Kier molecular flexibility index (Phi) is 16.5. The van der Waals surface area contributed by atoms with E-state index >= 15 is 0 Å². The fraction of sp³-hybridized carbons (Fsp3) is 0.500. The van der Waals surface area contributed by atoms with Gasteiger partial charge in [-0.1, -0.05) is 43.7 Å². The minimum atomic E-state index is -0.420. The number of likely N-dealkylation sites (N-methyl/N-ethyl adjacent to an activating group) is 1. The zero-order chi connectivity index (χ0) is 48.5. The summed E-state index contributed by atoms with van der Waals surface area (Å²) < 4.78 is 19.4. The number of nitrogens with zero attached hydrogens (tertiary/aromatic N) is 7. The van der Waals surface area contributed by atoms with E-state index < -0.39 is 5.56 Å². The minimum absolute atomic E-state index is 0.00532. The van der Waals surface area contributed by atoms with Gasteiger partial charge in [0.1, 0.15) is 16.5 Å². The van der Waals surface area contributed by atoms with Crippen LogP contribution in [0.5, 0.6) is 11.5 Å². The van der Waals surface area contributed by atoms with Crippen molar-refractivity contribution in [2.45, 2.75) is 81.1 Å². The number of halogens is 1. The number of benzene rings is 1. The summed E-state index contributed by atoms with van der Waals surface area (Å²) in [6.07, 6.45) is 9.18. The van der Waals surface area contributed by atoms with Crippen LogP contribution in [0.4, 0.5) is 22.6 Å². The molecular formula is C46H58ClN11O8S2. The molecule has 0 saturated carbocycles. The third-order valence-electron chi connectivity index (χ3n) is 11.9. The van der Waals surface area contributed by atoms with Crippen LogP contribution in [0.25, 0.3) is 10.9 Å². The lowest BCUT2D eigenvalue weighted by atomic mass is 9.94. The number of nitrogens with one attached hydrogen (secondary N) is 4. The van der Waals surface area contributed by atoms with E-state index in [4.69, 9.17) is 30.5 Å². The van der Waals surface area contributed by atoms with Gasteiger partial charge in [0.05, 0.1) is 41.2 Å². The van der Waals surface area contributed by atoms with Crippen LogP contribution in [-0.2, 0) is 37.4 Å². The second-order valence-corrected chi connectivity index (χ2v) is 20.5. The first-order chi connectivity index (χ1) is 32.6. The molecule has 2 aliphatic heterocycles. The number of oxazole rings is 1. The number of piperidine rings is 2. The molecule has 4 aromatic heterocycles. The molecule has 5 aromatic rings. The number of likely N-dealkylation sites (tertiary alicyclic amines) is 1. The lowest BCUT2D eigenvalue weighted by Crippen LogP contribution is -2.42. The number of hydrogen-bond donors (Lipinski definition) is 4. The van der Waals surface area contributed by atoms with Crippen molar-refractivity contribution in [1.82, 2.24) is 40.0 Å². The Bertz CT molecular complexity index is 2670. The number of rotatable bonds is 18. The highest BCUT2D eigenvalue weighted by atomic mass is 35.5. The van der Waals surface area contributed by atoms with Crippen LogP contribution in [-0.4, -0.2) is 107 Å². The monoisotopic (exact) mass is 991 g/mol. The average molecular weight is 993 g/mol. The summed E-state index contributed by atoms with van der Waals surface area (Å²) in [4.78, 5) is 85.8. The van der Waals surface area contributed by atoms with Gasteiger partial charge < -0.3 is 49.5 Å². The van der Waals surface area contributed by atoms with E-state index in [1.54, 1.807) is 49.4 Å². The molecule has 0 radical (unpaired) electrons. The van der Waals surface area contributed by atoms with E-state index in [1.165, 1.54) is 36.3 Å². The molecule has 6 heterocycles. The van der Waals surface area contributed by atoms with Crippen molar-refractivity contribution >= 4 is 91.8 Å². The Hall–Kier alpha value is -5.93. The van der Waals surface area contributed by atoms with Gasteiger partial charge in [-0.3, -0.25) is 24.0 Å². The molecule has 2 saturated heterocycles. The summed E-state index contributed by atoms with van der Waals surface area (Å²) in [5, 5.41) is 13.2. The summed E-state index contributed by atoms with van der Waals surface area (Å²) in [5.41, 5.74) is 0.584. The zero-order valence-electron chi connectivity index (χ0n) is 39.1. The second kappa shape index (κ2) is 22.5. The Morgan fingerprint density at radius 2 is 1.68 bits per heavy atom. The molecule has 19 nitrogen and oxygen atoms in total. The largest absolute Gasteiger partial charge is 0.494 e. The number of fused-ring (bicyclic) bond motifs is 1. The Morgan fingerprint density at radius 3 is 2.38 bits per heavy atom. The standard InChI is InChI=1S/C46H58ClN11O8S2/c1-46(2,3)34-23-50-36(66-34)26-67-38-24-52-45(68-38)55-42(62)28-10-15-57(16-11-28)37(60)9-7-8-14-49-41(61)27-12-17-58(18-13-27)44-51-22-31(47)40(54-44)53-30-19-29-20-33(65-25-35(59)48-4)43(63)56(5)39(29)32(21-30)64-6/h19-24,27-28H,7-18,25-26H2,1-6H3,(H,48,59)(H,49,61)(H,51,53,54)(H,52,55,62). The van der Waals surface area contributed by atoms with Crippen molar-refractivity contribution in [1.29, 1.82) is 0 Å². The van der Waals surface area contributed by atoms with Crippen LogP contribution in [0.2, 0.25) is 5.02 Å². The smallest absolute Gasteiger partial charge is 0.293 e. The quantitative estimate of drug-likeness (QED) is 0.0560. The number of amides is 4. The summed E-state index contributed by atoms with van der Waals surface area (Å²) in [5.74, 6) is 2.58. The van der Waals surface area contributed by atoms with Gasteiger partial charge in [-0.05, 0) is 50.7 Å². The summed E-state index contributed by atoms with van der Waals surface area (Å²) in [7, 11) is 4.59. The Balaban J connectivity index is 0.800. The SMILES string of the molecule is CNC(=O)COc1cc2cc(Nc3nc(N4CCC(C(=O)NCCCCC(=O)N5CCC(C(=O)Nc6ncc(SCc7ncc(C(C)(C)C)o7)s6)CC5)CC4)ncc3Cl)cc(OC)c2n(C)c1=O. The Morgan fingerprint density at radius 1 is 0.941 bits per heavy atom. The molecule has 22 heteroatoms. The summed E-state index contributed by atoms with van der Waals surface area (Å²) >= 11 is 9.54. The molecule has 68 heavy (non-hydrogen) atoms. The topological polar surface area (TPSA) is 228 Å². The number of carbonyl (C=O) groups excluding carboxylic acids is 4. The highest BCUT2D eigenvalue weighted by Crippen LogP contribution is 2.35. The van der Waals surface area contributed by atoms with Gasteiger partial charge in [0, 0.05) is 87.6 Å². The number of anilines is 4. The van der Waals surface area contributed by atoms with Gasteiger partial charge in [-0.2, -0.15) is 4.98 Å². The maximum atomic E-state index is 13.1. The molecule has 4 N–H and O–H groups in total. The van der Waals surface area contributed by atoms with Crippen LogP contribution >= 0.6 is 34.7 Å². The van der Waals surface area contributed by atoms with Crippen molar-refractivity contribution in [2.24, 2.45) is 18.9 Å². The molecule has 0 unspecified atom stereocenters. The third-order valence-corrected chi connectivity index (χ3v) is 14.3. The van der Waals surface area contributed by atoms with Gasteiger partial charge >= 0.3 is 0 Å². The molecule has 2 fully saturated rings. The predicted octanol–water partition coefficient (Wildman–Crippen LogP) is 6.27. The number of thioether (sulfide) groups is 1. The maximum Gasteiger partial charge on any atom is 0.293 e. The minimum Gasteiger partial charge on any atom is -0.494 e. The van der Waals surface area contributed by atoms with Crippen LogP contribution in [0.15, 0.2) is 50.2 Å². The molecule has 7 rings (SSSR count). The number of carbonyl (C=O) groups is 4. The van der Waals surface area contributed by atoms with Crippen LogP contribution in [0, 0.1) is 11.8 Å². The van der Waals surface area contributed by atoms with E-state index in [0.29, 0.717) is 129 Å². The van der Waals surface area contributed by atoms with E-state index in [0.717, 1.165) is 9.97 Å². The molecule has 1 aromatic carbocycles. The third kappa shape index (κ3) is 12.6. The zero-order valence-corrected chi connectivity index (χ0v) is 41.5. The second-order valence-electron chi connectivity index (χ2n) is 17.7. The predicted molar refractivity (Wildman–Crippen MR) is 262 cm³/mol. The van der Waals surface area contributed by atoms with E-state index in [1.807, 2.05) is 9.80 Å². The molecular weight excluding hydrogens is 934 g/mol. The highest BCUT2D eigenvalue weighted by molar-refractivity contribution is 8.00. The van der Waals surface area contributed by atoms with Gasteiger partial charge in [0.2, 0.25) is 29.6 Å². The van der Waals surface area contributed by atoms with E-state index in [9.17, 15) is 24.0 Å². The van der Waals surface area contributed by atoms with Gasteiger partial charge in [0.15, 0.2) is 23.3 Å². The lowest BCUT2D eigenvalue weighted by Gasteiger charge is -2.31. The maximum absolute atomic E-state index is 13.1. The molecule has 2 aliphatic rings. The fourth-order valence-corrected chi connectivity index (χ4v) is 9.81. The number of methoxy groups -OCH3 is 1. The molecule has 364 valence electrons. The van der Waals surface area contributed by atoms with Crippen molar-refractivity contribution in [3.8, 4) is 11.5 Å². The normalized spacial score (nSPS) is 14.8. The van der Waals surface area contributed by atoms with Gasteiger partial charge in [-0.25, -0.2) is 15.0 Å². The number of unbranched alkanes of at least 4 members (excludes halogenated alkanes) is 1. The molecule has 0 aliphatic carbocycles. The number of hydrogen-bond acceptors (Lipinski definition) is 16. The van der Waals surface area contributed by atoms with Crippen LogP contribution < -0.4 is 41.2 Å². The van der Waals surface area contributed by atoms with Crippen molar-refractivity contribution in [2.75, 3.05) is 69.0 Å². The number of ether oxygens (including phenoxy) is 2. The van der Waals surface area contributed by atoms with E-state index in [-0.39, 0.29) is 58.3 Å². The molecule has 0 atom stereocenters. The summed E-state index contributed by atoms with van der Waals surface area (Å²) in [6.45, 7) is 8.60. The fourth-order valence-electron chi connectivity index (χ4n) is 7.95. The summed E-state index contributed by atoms with van der Waals surface area (Å²) in [6, 6.07) is 5.08. The first kappa shape index (κ1) is 50.0. The molecule has 0 bridgehead atoms. The number of aromatic nitrogens is 5. The number of thiazole rings is 1. The molecule has 4 amide bonds. The lowest BCUT2D eigenvalue weighted by molar-refractivity contribution is -0.134. The van der Waals surface area contributed by atoms with Crippen molar-refractivity contribution in [3.63, 3.8) is 0 Å². The van der Waals surface area contributed by atoms with Crippen molar-refractivity contribution in [3.05, 3.63) is 63.8 Å². The van der Waals surface area contributed by atoms with Crippen LogP contribution in [0.3, 0.4) is 0 Å². The van der Waals surface area contributed by atoms with Crippen LogP contribution in [0.1, 0.15) is 77.4 Å². The van der Waals surface area contributed by atoms with Gasteiger partial charge in [0.25, 0.3) is 11.5 Å².